The number of halogens is 2. The molecule has 22 heavy (non-hydrogen) atoms. The first-order valence-corrected chi connectivity index (χ1v) is 7.18. The van der Waals surface area contributed by atoms with Crippen LogP contribution >= 0.6 is 24.8 Å². The molecule has 2 aliphatic rings. The predicted octanol–water partition coefficient (Wildman–Crippen LogP) is -1.04. The van der Waals surface area contributed by atoms with E-state index in [4.69, 9.17) is 4.74 Å². The van der Waals surface area contributed by atoms with Gasteiger partial charge in [-0.05, 0) is 0 Å². The Hall–Kier alpha value is -0.600. The van der Waals surface area contributed by atoms with Gasteiger partial charge >= 0.3 is 0 Å². The van der Waals surface area contributed by atoms with Gasteiger partial charge in [0.1, 0.15) is 0 Å². The van der Waals surface area contributed by atoms with Crippen molar-refractivity contribution in [1.82, 2.24) is 20.4 Å². The van der Waals surface area contributed by atoms with E-state index in [1.807, 2.05) is 4.90 Å². The lowest BCUT2D eigenvalue weighted by Crippen LogP contribution is -2.57. The summed E-state index contributed by atoms with van der Waals surface area (Å²) in [5.74, 6) is 0.442. The second-order valence-corrected chi connectivity index (χ2v) is 5.30. The van der Waals surface area contributed by atoms with E-state index in [-0.39, 0.29) is 42.5 Å². The molecular weight excluding hydrogens is 331 g/mol. The molecule has 2 amide bonds. The average molecular weight is 357 g/mol. The Morgan fingerprint density at radius 2 is 1.82 bits per heavy atom. The van der Waals surface area contributed by atoms with Crippen LogP contribution in [-0.4, -0.2) is 87.7 Å². The fourth-order valence-electron chi connectivity index (χ4n) is 2.40. The largest absolute Gasteiger partial charge is 0.383 e. The van der Waals surface area contributed by atoms with Crippen LogP contribution in [0.4, 0.5) is 0 Å². The Morgan fingerprint density at radius 1 is 1.18 bits per heavy atom. The maximum Gasteiger partial charge on any atom is 0.234 e. The van der Waals surface area contributed by atoms with E-state index in [9.17, 15) is 9.59 Å². The van der Waals surface area contributed by atoms with Gasteiger partial charge in [-0.15, -0.1) is 24.8 Å². The minimum absolute atomic E-state index is 0. The summed E-state index contributed by atoms with van der Waals surface area (Å²) in [6.07, 6.45) is 0. The zero-order valence-corrected chi connectivity index (χ0v) is 14.5. The molecule has 9 heteroatoms. The smallest absolute Gasteiger partial charge is 0.234 e. The lowest BCUT2D eigenvalue weighted by Gasteiger charge is -2.38. The third-order valence-corrected chi connectivity index (χ3v) is 3.81. The SMILES string of the molecule is COCCNC(=O)CN1CCN(C(=O)C2CNC2)CC1.Cl.Cl. The molecule has 2 heterocycles. The van der Waals surface area contributed by atoms with Gasteiger partial charge in [0.2, 0.25) is 11.8 Å². The van der Waals surface area contributed by atoms with Crippen LogP contribution in [0, 0.1) is 5.92 Å². The number of carbonyl (C=O) groups is 2. The number of amides is 2. The van der Waals surface area contributed by atoms with Crippen LogP contribution < -0.4 is 10.6 Å². The number of nitrogens with one attached hydrogen (secondary N) is 2. The van der Waals surface area contributed by atoms with Crippen LogP contribution in [0.15, 0.2) is 0 Å². The number of nitrogens with zero attached hydrogens (tertiary/aromatic N) is 2. The molecule has 2 N–H and O–H groups in total. The molecule has 0 aromatic rings. The topological polar surface area (TPSA) is 73.9 Å². The minimum Gasteiger partial charge on any atom is -0.383 e. The van der Waals surface area contributed by atoms with Gasteiger partial charge in [-0.25, -0.2) is 0 Å². The number of piperazine rings is 1. The van der Waals surface area contributed by atoms with Crippen molar-refractivity contribution in [2.24, 2.45) is 5.92 Å². The van der Waals surface area contributed by atoms with E-state index in [1.54, 1.807) is 7.11 Å². The number of hydrogen-bond acceptors (Lipinski definition) is 5. The molecule has 0 aromatic carbocycles. The van der Waals surface area contributed by atoms with Crippen molar-refractivity contribution in [3.05, 3.63) is 0 Å². The zero-order chi connectivity index (χ0) is 14.4. The Balaban J connectivity index is 0.00000220. The van der Waals surface area contributed by atoms with Crippen LogP contribution in [-0.2, 0) is 14.3 Å². The average Bonchev–Trinajstić information content (AvgIpc) is 2.38. The van der Waals surface area contributed by atoms with Crippen LogP contribution in [0.1, 0.15) is 0 Å². The summed E-state index contributed by atoms with van der Waals surface area (Å²) in [5, 5.41) is 5.93. The Bertz CT molecular complexity index is 348. The molecule has 2 fully saturated rings. The van der Waals surface area contributed by atoms with E-state index in [1.165, 1.54) is 0 Å². The second kappa shape index (κ2) is 11.0. The maximum absolute atomic E-state index is 12.1. The molecule has 0 spiro atoms. The summed E-state index contributed by atoms with van der Waals surface area (Å²) in [4.78, 5) is 27.7. The first kappa shape index (κ1) is 21.4. The molecule has 0 unspecified atom stereocenters. The summed E-state index contributed by atoms with van der Waals surface area (Å²) in [5.41, 5.74) is 0. The van der Waals surface area contributed by atoms with Gasteiger partial charge in [-0.1, -0.05) is 0 Å². The molecule has 2 aliphatic heterocycles. The Morgan fingerprint density at radius 3 is 2.32 bits per heavy atom. The van der Waals surface area contributed by atoms with Crippen LogP contribution in [0.5, 0.6) is 0 Å². The number of hydrogen-bond donors (Lipinski definition) is 2. The van der Waals surface area contributed by atoms with Gasteiger partial charge in [0.05, 0.1) is 19.1 Å². The highest BCUT2D eigenvalue weighted by Gasteiger charge is 2.31. The van der Waals surface area contributed by atoms with Crippen molar-refractivity contribution in [2.75, 3.05) is 66.1 Å². The molecule has 0 aliphatic carbocycles. The van der Waals surface area contributed by atoms with Gasteiger partial charge in [0.15, 0.2) is 0 Å². The zero-order valence-electron chi connectivity index (χ0n) is 12.9. The fraction of sp³-hybridized carbons (Fsp3) is 0.846. The summed E-state index contributed by atoms with van der Waals surface area (Å²) in [6, 6.07) is 0. The number of carbonyl (C=O) groups excluding carboxylic acids is 2. The monoisotopic (exact) mass is 356 g/mol. The van der Waals surface area contributed by atoms with E-state index in [0.29, 0.717) is 19.7 Å². The lowest BCUT2D eigenvalue weighted by molar-refractivity contribution is -0.139. The summed E-state index contributed by atoms with van der Waals surface area (Å²) in [7, 11) is 1.61. The van der Waals surface area contributed by atoms with Crippen molar-refractivity contribution in [3.63, 3.8) is 0 Å². The number of rotatable bonds is 6. The molecule has 2 rings (SSSR count). The van der Waals surface area contributed by atoms with Crippen LogP contribution in [0.25, 0.3) is 0 Å². The summed E-state index contributed by atoms with van der Waals surface area (Å²) in [6.45, 7) is 6.07. The van der Waals surface area contributed by atoms with E-state index in [2.05, 4.69) is 15.5 Å². The molecule has 0 saturated carbocycles. The van der Waals surface area contributed by atoms with Crippen molar-refractivity contribution in [3.8, 4) is 0 Å². The lowest BCUT2D eigenvalue weighted by atomic mass is 10.0. The van der Waals surface area contributed by atoms with Crippen molar-refractivity contribution in [2.45, 2.75) is 0 Å². The third-order valence-electron chi connectivity index (χ3n) is 3.81. The number of methoxy groups -OCH3 is 1. The molecule has 0 radical (unpaired) electrons. The quantitative estimate of drug-likeness (QED) is 0.594. The molecule has 7 nitrogen and oxygen atoms in total. The van der Waals surface area contributed by atoms with Gasteiger partial charge in [0, 0.05) is 52.9 Å². The normalized spacial score (nSPS) is 18.7. The van der Waals surface area contributed by atoms with Gasteiger partial charge in [-0.3, -0.25) is 14.5 Å². The molecular formula is C13H26Cl2N4O3. The first-order valence-electron chi connectivity index (χ1n) is 7.18. The highest BCUT2D eigenvalue weighted by atomic mass is 35.5. The molecule has 2 saturated heterocycles. The van der Waals surface area contributed by atoms with E-state index >= 15 is 0 Å². The third kappa shape index (κ3) is 6.26. The van der Waals surface area contributed by atoms with Crippen molar-refractivity contribution < 1.29 is 14.3 Å². The number of ether oxygens (including phenoxy) is 1. The second-order valence-electron chi connectivity index (χ2n) is 5.30. The highest BCUT2D eigenvalue weighted by Crippen LogP contribution is 2.10. The Kier molecular flexibility index (Phi) is 10.7. The summed E-state index contributed by atoms with van der Waals surface area (Å²) >= 11 is 0. The molecule has 0 aromatic heterocycles. The predicted molar refractivity (Wildman–Crippen MR) is 88.8 cm³/mol. The maximum atomic E-state index is 12.1. The minimum atomic E-state index is 0. The van der Waals surface area contributed by atoms with Crippen molar-refractivity contribution >= 4 is 36.6 Å². The van der Waals surface area contributed by atoms with Crippen molar-refractivity contribution in [1.29, 1.82) is 0 Å². The van der Waals surface area contributed by atoms with Crippen LogP contribution in [0.2, 0.25) is 0 Å². The van der Waals surface area contributed by atoms with Gasteiger partial charge in [0.25, 0.3) is 0 Å². The first-order chi connectivity index (χ1) is 9.70. The standard InChI is InChI=1S/C13H24N4O3.2ClH/c1-20-7-2-15-12(18)10-16-3-5-17(6-4-16)13(19)11-8-14-9-11;;/h11,14H,2-10H2,1H3,(H,15,18);2*1H. The van der Waals surface area contributed by atoms with Crippen LogP contribution in [0.3, 0.4) is 0 Å². The fourth-order valence-corrected chi connectivity index (χ4v) is 2.40. The summed E-state index contributed by atoms with van der Waals surface area (Å²) < 4.78 is 4.88. The Labute approximate surface area is 143 Å². The molecule has 0 bridgehead atoms. The highest BCUT2D eigenvalue weighted by molar-refractivity contribution is 5.85. The molecule has 0 atom stereocenters. The molecule has 130 valence electrons. The van der Waals surface area contributed by atoms with E-state index in [0.717, 1.165) is 39.3 Å². The van der Waals surface area contributed by atoms with Gasteiger partial charge < -0.3 is 20.3 Å². The van der Waals surface area contributed by atoms with E-state index < -0.39 is 0 Å². The van der Waals surface area contributed by atoms with Gasteiger partial charge in [-0.2, -0.15) is 0 Å².